The molecule has 0 bridgehead atoms. The summed E-state index contributed by atoms with van der Waals surface area (Å²) in [4.78, 5) is 25.4. The van der Waals surface area contributed by atoms with E-state index in [4.69, 9.17) is 14.2 Å². The van der Waals surface area contributed by atoms with Crippen LogP contribution in [0, 0.1) is 0 Å². The van der Waals surface area contributed by atoms with Gasteiger partial charge < -0.3 is 14.2 Å². The number of unbranched alkanes of at least 4 members (excludes halogenated alkanes) is 34. The van der Waals surface area contributed by atoms with Crippen molar-refractivity contribution in [3.63, 3.8) is 0 Å². The van der Waals surface area contributed by atoms with Gasteiger partial charge in [-0.15, -0.1) is 0 Å². The molecule has 62 heavy (non-hydrogen) atoms. The van der Waals surface area contributed by atoms with Crippen LogP contribution < -0.4 is 0 Å². The Balaban J connectivity index is 4.19. The van der Waals surface area contributed by atoms with Crippen LogP contribution in [-0.4, -0.2) is 37.9 Å². The Bertz CT molecular complexity index is 986. The molecule has 0 heterocycles. The lowest BCUT2D eigenvalue weighted by molar-refractivity contribution is -0.163. The molecule has 1 atom stereocenters. The first-order valence-corrected chi connectivity index (χ1v) is 27.5. The van der Waals surface area contributed by atoms with Gasteiger partial charge in [-0.25, -0.2) is 0 Å². The Hall–Kier alpha value is -1.88. The van der Waals surface area contributed by atoms with Gasteiger partial charge in [0.15, 0.2) is 6.10 Å². The smallest absolute Gasteiger partial charge is 0.306 e. The quantitative estimate of drug-likeness (QED) is 0.0346. The van der Waals surface area contributed by atoms with Crippen LogP contribution in [0.2, 0.25) is 0 Å². The van der Waals surface area contributed by atoms with Crippen LogP contribution in [-0.2, 0) is 23.8 Å². The molecule has 0 rings (SSSR count). The molecule has 0 aromatic carbocycles. The predicted octanol–water partition coefficient (Wildman–Crippen LogP) is 18.6. The van der Waals surface area contributed by atoms with Gasteiger partial charge in [-0.05, 0) is 77.0 Å². The van der Waals surface area contributed by atoms with Crippen LogP contribution in [0.5, 0.6) is 0 Å². The summed E-state index contributed by atoms with van der Waals surface area (Å²) in [5.41, 5.74) is 0. The van der Waals surface area contributed by atoms with Crippen molar-refractivity contribution in [3.8, 4) is 0 Å². The Kier molecular flexibility index (Phi) is 51.8. The fourth-order valence-corrected chi connectivity index (χ4v) is 8.01. The van der Waals surface area contributed by atoms with Gasteiger partial charge in [-0.2, -0.15) is 0 Å². The molecule has 0 fully saturated rings. The molecule has 0 radical (unpaired) electrons. The summed E-state index contributed by atoms with van der Waals surface area (Å²) in [5.74, 6) is -0.391. The van der Waals surface area contributed by atoms with E-state index < -0.39 is 6.10 Å². The second kappa shape index (κ2) is 53.5. The lowest BCUT2D eigenvalue weighted by Crippen LogP contribution is -2.30. The molecule has 0 N–H and O–H groups in total. The van der Waals surface area contributed by atoms with E-state index in [9.17, 15) is 9.59 Å². The van der Waals surface area contributed by atoms with Crippen molar-refractivity contribution in [2.24, 2.45) is 0 Å². The number of hydrogen-bond acceptors (Lipinski definition) is 5. The molecule has 0 aliphatic carbocycles. The highest BCUT2D eigenvalue weighted by Crippen LogP contribution is 2.15. The molecule has 0 amide bonds. The van der Waals surface area contributed by atoms with Crippen molar-refractivity contribution in [2.75, 3.05) is 19.8 Å². The second-order valence-electron chi connectivity index (χ2n) is 18.5. The van der Waals surface area contributed by atoms with Gasteiger partial charge in [0.25, 0.3) is 0 Å². The molecule has 0 aliphatic heterocycles. The molecule has 5 nitrogen and oxygen atoms in total. The predicted molar refractivity (Wildman–Crippen MR) is 270 cm³/mol. The molecule has 0 saturated carbocycles. The van der Waals surface area contributed by atoms with Crippen LogP contribution in [0.15, 0.2) is 36.5 Å². The van der Waals surface area contributed by atoms with Gasteiger partial charge in [-0.1, -0.05) is 237 Å². The first-order valence-electron chi connectivity index (χ1n) is 27.5. The summed E-state index contributed by atoms with van der Waals surface area (Å²) in [6.07, 6.45) is 64.4. The van der Waals surface area contributed by atoms with Crippen molar-refractivity contribution in [3.05, 3.63) is 36.5 Å². The van der Waals surface area contributed by atoms with Gasteiger partial charge in [0.1, 0.15) is 6.61 Å². The zero-order valence-corrected chi connectivity index (χ0v) is 41.9. The number of ether oxygens (including phenoxy) is 3. The minimum Gasteiger partial charge on any atom is -0.462 e. The number of esters is 2. The molecule has 364 valence electrons. The highest BCUT2D eigenvalue weighted by Gasteiger charge is 2.17. The lowest BCUT2D eigenvalue weighted by Gasteiger charge is -2.18. The van der Waals surface area contributed by atoms with Gasteiger partial charge in [0.2, 0.25) is 0 Å². The van der Waals surface area contributed by atoms with E-state index in [-0.39, 0.29) is 25.2 Å². The topological polar surface area (TPSA) is 61.8 Å². The normalized spacial score (nSPS) is 12.4. The Morgan fingerprint density at radius 2 is 0.677 bits per heavy atom. The largest absolute Gasteiger partial charge is 0.462 e. The number of carbonyl (C=O) groups excluding carboxylic acids is 2. The summed E-state index contributed by atoms with van der Waals surface area (Å²) in [7, 11) is 0. The van der Waals surface area contributed by atoms with E-state index in [2.05, 4.69) is 57.2 Å². The number of rotatable bonds is 51. The fourth-order valence-electron chi connectivity index (χ4n) is 8.01. The van der Waals surface area contributed by atoms with Gasteiger partial charge >= 0.3 is 11.9 Å². The summed E-state index contributed by atoms with van der Waals surface area (Å²) < 4.78 is 17.4. The van der Waals surface area contributed by atoms with Gasteiger partial charge in [0, 0.05) is 19.4 Å². The van der Waals surface area contributed by atoms with Crippen molar-refractivity contribution in [2.45, 2.75) is 297 Å². The molecule has 1 unspecified atom stereocenters. The minimum absolute atomic E-state index is 0.0855. The van der Waals surface area contributed by atoms with Crippen molar-refractivity contribution in [1.82, 2.24) is 0 Å². The summed E-state index contributed by atoms with van der Waals surface area (Å²) in [5, 5.41) is 0. The average Bonchev–Trinajstić information content (AvgIpc) is 3.27. The second-order valence-corrected chi connectivity index (χ2v) is 18.5. The third-order valence-corrected chi connectivity index (χ3v) is 12.1. The van der Waals surface area contributed by atoms with E-state index >= 15 is 0 Å². The highest BCUT2D eigenvalue weighted by molar-refractivity contribution is 5.70. The molecule has 0 aromatic heterocycles. The number of allylic oxidation sites excluding steroid dienone is 6. The monoisotopic (exact) mass is 871 g/mol. The van der Waals surface area contributed by atoms with E-state index in [1.54, 1.807) is 0 Å². The summed E-state index contributed by atoms with van der Waals surface area (Å²) in [6, 6.07) is 0. The Labute approximate surface area is 387 Å². The molecule has 5 heteroatoms. The van der Waals surface area contributed by atoms with Crippen LogP contribution >= 0.6 is 0 Å². The maximum atomic E-state index is 12.8. The lowest BCUT2D eigenvalue weighted by atomic mass is 10.1. The number of hydrogen-bond donors (Lipinski definition) is 0. The maximum absolute atomic E-state index is 12.8. The van der Waals surface area contributed by atoms with Gasteiger partial charge in [-0.3, -0.25) is 9.59 Å². The van der Waals surface area contributed by atoms with E-state index in [0.29, 0.717) is 19.4 Å². The van der Waals surface area contributed by atoms with Crippen molar-refractivity contribution < 1.29 is 23.8 Å². The first kappa shape index (κ1) is 60.1. The molecule has 0 aliphatic rings. The standard InChI is InChI=1S/C57H106O5/c1-4-7-10-13-16-19-22-24-26-28-29-30-31-33-36-38-41-44-47-50-56(58)61-54-55(62-57(59)51-48-45-42-39-35-21-18-15-12-9-6-3)53-60-52-49-46-43-40-37-34-32-27-25-23-20-17-14-11-8-5-2/h16,19,24-27,55H,4-15,17-18,20-23,28-54H2,1-3H3/b19-16-,26-24-,27-25-. The zero-order chi connectivity index (χ0) is 44.9. The molecule has 0 spiro atoms. The Morgan fingerprint density at radius 1 is 0.355 bits per heavy atom. The molecular weight excluding hydrogens is 765 g/mol. The molecular formula is C57H106O5. The van der Waals surface area contributed by atoms with Crippen LogP contribution in [0.25, 0.3) is 0 Å². The van der Waals surface area contributed by atoms with Crippen LogP contribution in [0.1, 0.15) is 290 Å². The van der Waals surface area contributed by atoms with Crippen molar-refractivity contribution >= 4 is 11.9 Å². The average molecular weight is 871 g/mol. The zero-order valence-electron chi connectivity index (χ0n) is 41.9. The van der Waals surface area contributed by atoms with E-state index in [0.717, 1.165) is 44.9 Å². The maximum Gasteiger partial charge on any atom is 0.306 e. The van der Waals surface area contributed by atoms with Crippen molar-refractivity contribution in [1.29, 1.82) is 0 Å². The van der Waals surface area contributed by atoms with E-state index in [1.165, 1.54) is 212 Å². The Morgan fingerprint density at radius 3 is 1.11 bits per heavy atom. The first-order chi connectivity index (χ1) is 30.6. The third-order valence-electron chi connectivity index (χ3n) is 12.1. The highest BCUT2D eigenvalue weighted by atomic mass is 16.6. The number of carbonyl (C=O) groups is 2. The summed E-state index contributed by atoms with van der Waals surface area (Å²) >= 11 is 0. The van der Waals surface area contributed by atoms with E-state index in [1.807, 2.05) is 0 Å². The molecule has 0 aromatic rings. The SMILES string of the molecule is CCCCC/C=C\C/C=C\CCCCCCCCCCCC(=O)OCC(COCCCCCCCC/C=C\CCCCCCCC)OC(=O)CCCCCCCCCCCCC. The fraction of sp³-hybridized carbons (Fsp3) is 0.860. The third kappa shape index (κ3) is 50.8. The summed E-state index contributed by atoms with van der Waals surface area (Å²) in [6.45, 7) is 7.82. The minimum atomic E-state index is -0.536. The molecule has 0 saturated heterocycles. The van der Waals surface area contributed by atoms with Crippen LogP contribution in [0.4, 0.5) is 0 Å². The van der Waals surface area contributed by atoms with Gasteiger partial charge in [0.05, 0.1) is 6.61 Å². The van der Waals surface area contributed by atoms with Crippen LogP contribution in [0.3, 0.4) is 0 Å².